The third kappa shape index (κ3) is 3.80. The van der Waals surface area contributed by atoms with E-state index in [1.165, 1.54) is 31.2 Å². The molecule has 1 aromatic rings. The summed E-state index contributed by atoms with van der Waals surface area (Å²) in [6, 6.07) is 12.9. The molecule has 0 bridgehead atoms. The van der Waals surface area contributed by atoms with Crippen LogP contribution in [0.3, 0.4) is 0 Å². The van der Waals surface area contributed by atoms with Gasteiger partial charge in [-0.25, -0.2) is 0 Å². The van der Waals surface area contributed by atoms with Crippen LogP contribution in [0.2, 0.25) is 0 Å². The highest BCUT2D eigenvalue weighted by molar-refractivity contribution is 5.18. The molecule has 0 spiro atoms. The second-order valence-corrected chi connectivity index (χ2v) is 5.82. The molecule has 2 heteroatoms. The molecule has 1 saturated carbocycles. The fourth-order valence-electron chi connectivity index (χ4n) is 3.26. The predicted octanol–water partition coefficient (Wildman–Crippen LogP) is 3.60. The van der Waals surface area contributed by atoms with Gasteiger partial charge < -0.3 is 5.32 Å². The Morgan fingerprint density at radius 1 is 1.16 bits per heavy atom. The Bertz CT molecular complexity index is 355. The first kappa shape index (κ1) is 14.5. The van der Waals surface area contributed by atoms with E-state index in [4.69, 9.17) is 0 Å². The van der Waals surface area contributed by atoms with Crippen molar-refractivity contribution < 1.29 is 0 Å². The van der Waals surface area contributed by atoms with Gasteiger partial charge in [0.1, 0.15) is 0 Å². The Morgan fingerprint density at radius 3 is 2.37 bits per heavy atom. The minimum atomic E-state index is 0.516. The maximum absolute atomic E-state index is 3.59. The van der Waals surface area contributed by atoms with Crippen molar-refractivity contribution in [1.82, 2.24) is 10.2 Å². The zero-order valence-electron chi connectivity index (χ0n) is 12.6. The third-order valence-electron chi connectivity index (χ3n) is 4.66. The molecule has 0 heterocycles. The molecule has 1 fully saturated rings. The highest BCUT2D eigenvalue weighted by Gasteiger charge is 2.26. The van der Waals surface area contributed by atoms with Crippen LogP contribution in [0.25, 0.3) is 0 Å². The van der Waals surface area contributed by atoms with E-state index in [2.05, 4.69) is 61.4 Å². The van der Waals surface area contributed by atoms with Crippen LogP contribution >= 0.6 is 0 Å². The van der Waals surface area contributed by atoms with Crippen molar-refractivity contribution in [2.75, 3.05) is 13.6 Å². The van der Waals surface area contributed by atoms with Crippen LogP contribution < -0.4 is 5.32 Å². The van der Waals surface area contributed by atoms with Gasteiger partial charge in [0.15, 0.2) is 0 Å². The molecule has 1 aromatic carbocycles. The van der Waals surface area contributed by atoms with Gasteiger partial charge in [-0.15, -0.1) is 0 Å². The van der Waals surface area contributed by atoms with Crippen LogP contribution in [-0.4, -0.2) is 30.6 Å². The van der Waals surface area contributed by atoms with Gasteiger partial charge in [0.2, 0.25) is 0 Å². The second kappa shape index (κ2) is 7.06. The van der Waals surface area contributed by atoms with Crippen LogP contribution in [0, 0.1) is 0 Å². The Balaban J connectivity index is 1.89. The van der Waals surface area contributed by atoms with Crippen molar-refractivity contribution >= 4 is 0 Å². The SMILES string of the molecule is CCNC1CCC(N(C)C(C)c2ccccc2)CC1. The average molecular weight is 260 g/mol. The quantitative estimate of drug-likeness (QED) is 0.870. The average Bonchev–Trinajstić information content (AvgIpc) is 2.48. The molecule has 2 nitrogen and oxygen atoms in total. The predicted molar refractivity (Wildman–Crippen MR) is 82.3 cm³/mol. The fraction of sp³-hybridized carbons (Fsp3) is 0.647. The lowest BCUT2D eigenvalue weighted by Gasteiger charge is -2.38. The zero-order chi connectivity index (χ0) is 13.7. The van der Waals surface area contributed by atoms with E-state index in [0.29, 0.717) is 6.04 Å². The van der Waals surface area contributed by atoms with E-state index in [1.807, 2.05) is 0 Å². The summed E-state index contributed by atoms with van der Waals surface area (Å²) in [5.74, 6) is 0. The Labute approximate surface area is 118 Å². The van der Waals surface area contributed by atoms with Crippen molar-refractivity contribution in [2.45, 2.75) is 57.7 Å². The van der Waals surface area contributed by atoms with Gasteiger partial charge in [-0.2, -0.15) is 0 Å². The second-order valence-electron chi connectivity index (χ2n) is 5.82. The molecule has 2 rings (SSSR count). The molecule has 1 aliphatic rings. The van der Waals surface area contributed by atoms with E-state index in [-0.39, 0.29) is 0 Å². The lowest BCUT2D eigenvalue weighted by atomic mass is 9.89. The minimum Gasteiger partial charge on any atom is -0.314 e. The Hall–Kier alpha value is -0.860. The van der Waals surface area contributed by atoms with E-state index >= 15 is 0 Å². The van der Waals surface area contributed by atoms with Crippen LogP contribution in [-0.2, 0) is 0 Å². The molecular weight excluding hydrogens is 232 g/mol. The number of hydrogen-bond acceptors (Lipinski definition) is 2. The summed E-state index contributed by atoms with van der Waals surface area (Å²) in [5, 5.41) is 3.59. The molecule has 106 valence electrons. The lowest BCUT2D eigenvalue weighted by molar-refractivity contribution is 0.135. The summed E-state index contributed by atoms with van der Waals surface area (Å²) < 4.78 is 0. The molecule has 0 radical (unpaired) electrons. The van der Waals surface area contributed by atoms with Crippen LogP contribution in [0.4, 0.5) is 0 Å². The first-order valence-corrected chi connectivity index (χ1v) is 7.72. The van der Waals surface area contributed by atoms with Crippen molar-refractivity contribution in [2.24, 2.45) is 0 Å². The third-order valence-corrected chi connectivity index (χ3v) is 4.66. The van der Waals surface area contributed by atoms with Crippen molar-refractivity contribution in [3.63, 3.8) is 0 Å². The molecule has 1 N–H and O–H groups in total. The minimum absolute atomic E-state index is 0.516. The first-order chi connectivity index (χ1) is 9.22. The molecule has 19 heavy (non-hydrogen) atoms. The molecular formula is C17H28N2. The molecule has 0 saturated heterocycles. The maximum Gasteiger partial charge on any atom is 0.0319 e. The number of nitrogens with one attached hydrogen (secondary N) is 1. The Kier molecular flexibility index (Phi) is 5.41. The molecule has 1 unspecified atom stereocenters. The van der Waals surface area contributed by atoms with Gasteiger partial charge in [-0.3, -0.25) is 4.90 Å². The Morgan fingerprint density at radius 2 is 1.79 bits per heavy atom. The van der Waals surface area contributed by atoms with Crippen LogP contribution in [0.1, 0.15) is 51.1 Å². The normalized spacial score (nSPS) is 25.5. The number of rotatable bonds is 5. The van der Waals surface area contributed by atoms with Crippen molar-refractivity contribution in [3.05, 3.63) is 35.9 Å². The van der Waals surface area contributed by atoms with Crippen LogP contribution in [0.5, 0.6) is 0 Å². The van der Waals surface area contributed by atoms with E-state index in [9.17, 15) is 0 Å². The van der Waals surface area contributed by atoms with Crippen molar-refractivity contribution in [1.29, 1.82) is 0 Å². The molecule has 0 aromatic heterocycles. The lowest BCUT2D eigenvalue weighted by Crippen LogP contribution is -2.41. The zero-order valence-corrected chi connectivity index (χ0v) is 12.6. The van der Waals surface area contributed by atoms with Gasteiger partial charge in [0.25, 0.3) is 0 Å². The monoisotopic (exact) mass is 260 g/mol. The van der Waals surface area contributed by atoms with Crippen molar-refractivity contribution in [3.8, 4) is 0 Å². The fourth-order valence-corrected chi connectivity index (χ4v) is 3.26. The smallest absolute Gasteiger partial charge is 0.0319 e. The maximum atomic E-state index is 3.59. The molecule has 0 amide bonds. The molecule has 1 aliphatic carbocycles. The largest absolute Gasteiger partial charge is 0.314 e. The van der Waals surface area contributed by atoms with Gasteiger partial charge >= 0.3 is 0 Å². The van der Waals surface area contributed by atoms with Gasteiger partial charge in [-0.05, 0) is 51.8 Å². The highest BCUT2D eigenvalue weighted by atomic mass is 15.2. The van der Waals surface area contributed by atoms with Crippen LogP contribution in [0.15, 0.2) is 30.3 Å². The van der Waals surface area contributed by atoms with Gasteiger partial charge in [0.05, 0.1) is 0 Å². The molecule has 0 aliphatic heterocycles. The highest BCUT2D eigenvalue weighted by Crippen LogP contribution is 2.28. The summed E-state index contributed by atoms with van der Waals surface area (Å²) in [6.45, 7) is 5.63. The number of benzene rings is 1. The van der Waals surface area contributed by atoms with Gasteiger partial charge in [0, 0.05) is 18.1 Å². The summed E-state index contributed by atoms with van der Waals surface area (Å²) in [7, 11) is 2.29. The standard InChI is InChI=1S/C17H28N2/c1-4-18-16-10-12-17(13-11-16)19(3)14(2)15-8-6-5-7-9-15/h5-9,14,16-18H,4,10-13H2,1-3H3. The summed E-state index contributed by atoms with van der Waals surface area (Å²) >= 11 is 0. The number of hydrogen-bond donors (Lipinski definition) is 1. The van der Waals surface area contributed by atoms with E-state index < -0.39 is 0 Å². The van der Waals surface area contributed by atoms with Gasteiger partial charge in [-0.1, -0.05) is 37.3 Å². The summed E-state index contributed by atoms with van der Waals surface area (Å²) in [4.78, 5) is 2.57. The van der Waals surface area contributed by atoms with E-state index in [1.54, 1.807) is 0 Å². The van der Waals surface area contributed by atoms with E-state index in [0.717, 1.165) is 18.6 Å². The first-order valence-electron chi connectivity index (χ1n) is 7.72. The number of nitrogens with zero attached hydrogens (tertiary/aromatic N) is 1. The summed E-state index contributed by atoms with van der Waals surface area (Å²) in [6.07, 6.45) is 5.30. The summed E-state index contributed by atoms with van der Waals surface area (Å²) in [5.41, 5.74) is 1.43. The topological polar surface area (TPSA) is 15.3 Å². The molecule has 1 atom stereocenters.